The Morgan fingerprint density at radius 1 is 1.12 bits per heavy atom. The minimum atomic E-state index is -0.989. The predicted octanol–water partition coefficient (Wildman–Crippen LogP) is 5.34. The van der Waals surface area contributed by atoms with E-state index in [1.165, 1.54) is 17.0 Å². The summed E-state index contributed by atoms with van der Waals surface area (Å²) in [5.74, 6) is -3.76. The highest BCUT2D eigenvalue weighted by Gasteiger charge is 2.24. The number of amides is 2. The Morgan fingerprint density at radius 3 is 2.21 bits per heavy atom. The quantitative estimate of drug-likeness (QED) is 0.549. The van der Waals surface area contributed by atoms with Crippen LogP contribution >= 0.6 is 0 Å². The van der Waals surface area contributed by atoms with Crippen LogP contribution in [0.3, 0.4) is 0 Å². The molecule has 0 aliphatic carbocycles. The zero-order valence-electron chi connectivity index (χ0n) is 19.4. The van der Waals surface area contributed by atoms with Gasteiger partial charge in [-0.3, -0.25) is 4.79 Å². The molecule has 0 spiro atoms. The van der Waals surface area contributed by atoms with Gasteiger partial charge in [-0.25, -0.2) is 13.6 Å². The SMILES string of the molecule is CC(C)CCN(Cc1cc(F)c(Oc2ccc(C(N)=O)c(O)c2)c(F)c1)C(=O)OC(C)(C)C. The van der Waals surface area contributed by atoms with Crippen LogP contribution in [0.5, 0.6) is 17.2 Å². The maximum absolute atomic E-state index is 14.7. The first kappa shape index (κ1) is 25.9. The molecule has 0 unspecified atom stereocenters. The van der Waals surface area contributed by atoms with Crippen molar-refractivity contribution in [1.82, 2.24) is 4.90 Å². The average molecular weight is 465 g/mol. The lowest BCUT2D eigenvalue weighted by atomic mass is 10.1. The molecule has 9 heteroatoms. The molecule has 2 rings (SSSR count). The number of benzene rings is 2. The topological polar surface area (TPSA) is 102 Å². The number of nitrogens with two attached hydrogens (primary N) is 1. The Kier molecular flexibility index (Phi) is 8.24. The number of hydrogen-bond donors (Lipinski definition) is 2. The standard InChI is InChI=1S/C24H30F2N2O5/c1-14(2)8-9-28(23(31)33-24(3,4)5)13-15-10-18(25)21(19(26)11-15)32-16-6-7-17(22(27)30)20(29)12-16/h6-7,10-12,14,29H,8-9,13H2,1-5H3,(H2,27,30). The number of carbonyl (C=O) groups is 2. The smallest absolute Gasteiger partial charge is 0.410 e. The molecule has 0 saturated heterocycles. The van der Waals surface area contributed by atoms with Crippen LogP contribution in [0.2, 0.25) is 0 Å². The molecule has 7 nitrogen and oxygen atoms in total. The zero-order valence-corrected chi connectivity index (χ0v) is 19.4. The molecule has 0 aliphatic rings. The van der Waals surface area contributed by atoms with Crippen LogP contribution in [0.1, 0.15) is 57.0 Å². The van der Waals surface area contributed by atoms with Crippen molar-refractivity contribution >= 4 is 12.0 Å². The lowest BCUT2D eigenvalue weighted by molar-refractivity contribution is 0.0225. The van der Waals surface area contributed by atoms with Crippen LogP contribution in [0.4, 0.5) is 13.6 Å². The Hall–Kier alpha value is -3.36. The third-order valence-electron chi connectivity index (χ3n) is 4.51. The van der Waals surface area contributed by atoms with E-state index in [0.29, 0.717) is 18.9 Å². The number of nitrogens with zero attached hydrogens (tertiary/aromatic N) is 1. The molecule has 0 heterocycles. The van der Waals surface area contributed by atoms with Gasteiger partial charge in [0.05, 0.1) is 5.56 Å². The lowest BCUT2D eigenvalue weighted by Gasteiger charge is -2.28. The van der Waals surface area contributed by atoms with Crippen LogP contribution in [0.15, 0.2) is 30.3 Å². The Bertz CT molecular complexity index is 995. The lowest BCUT2D eigenvalue weighted by Crippen LogP contribution is -2.37. The van der Waals surface area contributed by atoms with Crippen LogP contribution in [-0.2, 0) is 11.3 Å². The van der Waals surface area contributed by atoms with Crippen molar-refractivity contribution in [2.45, 2.75) is 53.2 Å². The molecule has 3 N–H and O–H groups in total. The van der Waals surface area contributed by atoms with Crippen molar-refractivity contribution in [1.29, 1.82) is 0 Å². The fraction of sp³-hybridized carbons (Fsp3) is 0.417. The summed E-state index contributed by atoms with van der Waals surface area (Å²) in [4.78, 5) is 25.2. The molecule has 0 aliphatic heterocycles. The summed E-state index contributed by atoms with van der Waals surface area (Å²) >= 11 is 0. The van der Waals surface area contributed by atoms with Crippen LogP contribution in [-0.4, -0.2) is 34.2 Å². The van der Waals surface area contributed by atoms with E-state index < -0.39 is 40.7 Å². The average Bonchev–Trinajstić information content (AvgIpc) is 2.66. The third kappa shape index (κ3) is 7.62. The van der Waals surface area contributed by atoms with Gasteiger partial charge in [0.1, 0.15) is 17.1 Å². The largest absolute Gasteiger partial charge is 0.507 e. The second-order valence-electron chi connectivity index (χ2n) is 9.12. The van der Waals surface area contributed by atoms with Crippen LogP contribution < -0.4 is 10.5 Å². The van der Waals surface area contributed by atoms with Crippen LogP contribution in [0.25, 0.3) is 0 Å². The predicted molar refractivity (Wildman–Crippen MR) is 119 cm³/mol. The molecule has 0 fully saturated rings. The maximum atomic E-state index is 14.7. The first-order valence-corrected chi connectivity index (χ1v) is 10.5. The summed E-state index contributed by atoms with van der Waals surface area (Å²) in [6, 6.07) is 5.61. The molecular weight excluding hydrogens is 434 g/mol. The summed E-state index contributed by atoms with van der Waals surface area (Å²) in [5.41, 5.74) is 4.48. The van der Waals surface area contributed by atoms with E-state index in [9.17, 15) is 23.5 Å². The molecule has 180 valence electrons. The van der Waals surface area contributed by atoms with Gasteiger partial charge in [0.2, 0.25) is 0 Å². The van der Waals surface area contributed by atoms with Crippen LogP contribution in [0, 0.1) is 17.6 Å². The first-order valence-electron chi connectivity index (χ1n) is 10.5. The molecule has 2 aromatic rings. The molecular formula is C24H30F2N2O5. The number of hydrogen-bond acceptors (Lipinski definition) is 5. The number of primary amides is 1. The number of rotatable bonds is 8. The van der Waals surface area contributed by atoms with Crippen molar-refractivity contribution in [2.75, 3.05) is 6.54 Å². The van der Waals surface area contributed by atoms with Crippen molar-refractivity contribution in [3.63, 3.8) is 0 Å². The van der Waals surface area contributed by atoms with Crippen molar-refractivity contribution < 1.29 is 33.0 Å². The van der Waals surface area contributed by atoms with E-state index >= 15 is 0 Å². The highest BCUT2D eigenvalue weighted by atomic mass is 19.1. The normalized spacial score (nSPS) is 11.4. The summed E-state index contributed by atoms with van der Waals surface area (Å²) in [6.07, 6.45) is 0.116. The van der Waals surface area contributed by atoms with Gasteiger partial charge in [0, 0.05) is 19.2 Å². The van der Waals surface area contributed by atoms with E-state index in [4.69, 9.17) is 15.2 Å². The fourth-order valence-corrected chi connectivity index (χ4v) is 2.90. The molecule has 0 atom stereocenters. The number of phenols is 1. The van der Waals surface area contributed by atoms with Crippen molar-refractivity contribution in [2.24, 2.45) is 11.7 Å². The second-order valence-corrected chi connectivity index (χ2v) is 9.12. The summed E-state index contributed by atoms with van der Waals surface area (Å²) < 4.78 is 40.1. The minimum absolute atomic E-state index is 0.0517. The van der Waals surface area contributed by atoms with E-state index in [1.54, 1.807) is 20.8 Å². The number of halogens is 2. The van der Waals surface area contributed by atoms with Gasteiger partial charge >= 0.3 is 6.09 Å². The number of carbonyl (C=O) groups excluding carboxylic acids is 2. The van der Waals surface area contributed by atoms with Crippen molar-refractivity contribution in [3.8, 4) is 17.2 Å². The summed E-state index contributed by atoms with van der Waals surface area (Å²) in [7, 11) is 0. The van der Waals surface area contributed by atoms with Gasteiger partial charge in [0.25, 0.3) is 5.91 Å². The van der Waals surface area contributed by atoms with E-state index in [0.717, 1.165) is 18.2 Å². The van der Waals surface area contributed by atoms with E-state index in [2.05, 4.69) is 0 Å². The van der Waals surface area contributed by atoms with Gasteiger partial charge in [0.15, 0.2) is 17.4 Å². The molecule has 0 aromatic heterocycles. The molecule has 0 bridgehead atoms. The van der Waals surface area contributed by atoms with Gasteiger partial charge in [-0.1, -0.05) is 13.8 Å². The molecule has 0 radical (unpaired) electrons. The number of aromatic hydroxyl groups is 1. The molecule has 2 aromatic carbocycles. The van der Waals surface area contributed by atoms with Gasteiger partial charge in [-0.2, -0.15) is 0 Å². The molecule has 0 saturated carbocycles. The highest BCUT2D eigenvalue weighted by Crippen LogP contribution is 2.32. The summed E-state index contributed by atoms with van der Waals surface area (Å²) in [6.45, 7) is 9.54. The Balaban J connectivity index is 2.25. The minimum Gasteiger partial charge on any atom is -0.507 e. The third-order valence-corrected chi connectivity index (χ3v) is 4.51. The second kappa shape index (κ2) is 10.5. The zero-order chi connectivity index (χ0) is 24.9. The molecule has 33 heavy (non-hydrogen) atoms. The highest BCUT2D eigenvalue weighted by molar-refractivity contribution is 5.95. The Labute approximate surface area is 192 Å². The first-order chi connectivity index (χ1) is 15.3. The van der Waals surface area contributed by atoms with Gasteiger partial charge in [-0.05, 0) is 62.9 Å². The van der Waals surface area contributed by atoms with E-state index in [-0.39, 0.29) is 23.4 Å². The van der Waals surface area contributed by atoms with Gasteiger partial charge < -0.3 is 25.2 Å². The number of ether oxygens (including phenoxy) is 2. The summed E-state index contributed by atoms with van der Waals surface area (Å²) in [5, 5.41) is 9.83. The van der Waals surface area contributed by atoms with Crippen molar-refractivity contribution in [3.05, 3.63) is 53.1 Å². The fourth-order valence-electron chi connectivity index (χ4n) is 2.90. The monoisotopic (exact) mass is 464 g/mol. The van der Waals surface area contributed by atoms with Gasteiger partial charge in [-0.15, -0.1) is 0 Å². The maximum Gasteiger partial charge on any atom is 0.410 e. The molecule has 2 amide bonds. The van der Waals surface area contributed by atoms with E-state index in [1.807, 2.05) is 13.8 Å². The Morgan fingerprint density at radius 2 is 1.73 bits per heavy atom.